The number of aromatic amines is 1. The summed E-state index contributed by atoms with van der Waals surface area (Å²) in [6.45, 7) is 19.3. The molecule has 0 radical (unpaired) electrons. The molecule has 1 atom stereocenters. The van der Waals surface area contributed by atoms with Gasteiger partial charge in [0.1, 0.15) is 17.2 Å². The zero-order valence-electron chi connectivity index (χ0n) is 23.1. The van der Waals surface area contributed by atoms with Crippen molar-refractivity contribution in [3.8, 4) is 0 Å². The molecule has 200 valence electrons. The van der Waals surface area contributed by atoms with Crippen molar-refractivity contribution >= 4 is 35.6 Å². The van der Waals surface area contributed by atoms with Crippen LogP contribution in [0.3, 0.4) is 0 Å². The number of benzene rings is 1. The Labute approximate surface area is 217 Å². The molecular formula is C28H38N4O5. The van der Waals surface area contributed by atoms with Crippen molar-refractivity contribution < 1.29 is 19.1 Å². The largest absolute Gasteiger partial charge is 0.460 e. The third-order valence-corrected chi connectivity index (χ3v) is 5.66. The minimum Gasteiger partial charge on any atom is -0.460 e. The normalized spacial score (nSPS) is 13.8. The van der Waals surface area contributed by atoms with E-state index in [1.807, 2.05) is 30.9 Å². The van der Waals surface area contributed by atoms with Crippen LogP contribution < -0.4 is 26.5 Å². The number of hydrogen-bond acceptors (Lipinski definition) is 8. The van der Waals surface area contributed by atoms with Crippen LogP contribution in [-0.2, 0) is 19.1 Å². The van der Waals surface area contributed by atoms with E-state index in [-0.39, 0.29) is 12.0 Å². The van der Waals surface area contributed by atoms with E-state index in [9.17, 15) is 14.4 Å². The number of nitrogens with one attached hydrogen (secondary N) is 2. The maximum absolute atomic E-state index is 12.9. The minimum atomic E-state index is -0.898. The molecule has 0 aliphatic carbocycles. The molecule has 3 rings (SSSR count). The lowest BCUT2D eigenvalue weighted by Gasteiger charge is -2.31. The third kappa shape index (κ3) is 7.29. The highest BCUT2D eigenvalue weighted by Crippen LogP contribution is 2.36. The molecule has 1 aliphatic heterocycles. The van der Waals surface area contributed by atoms with Gasteiger partial charge in [-0.05, 0) is 84.7 Å². The molecule has 1 aliphatic rings. The van der Waals surface area contributed by atoms with E-state index in [0.29, 0.717) is 35.2 Å². The molecule has 0 unspecified atom stereocenters. The van der Waals surface area contributed by atoms with Crippen LogP contribution in [0.5, 0.6) is 0 Å². The number of esters is 2. The number of H-pyrrole nitrogens is 1. The number of aromatic nitrogens is 1. The van der Waals surface area contributed by atoms with Crippen molar-refractivity contribution in [2.45, 2.75) is 79.1 Å². The molecule has 1 aromatic heterocycles. The summed E-state index contributed by atoms with van der Waals surface area (Å²) in [5.41, 5.74) is 2.63. The van der Waals surface area contributed by atoms with E-state index >= 15 is 0 Å². The maximum Gasteiger partial charge on any atom is 0.324 e. The minimum absolute atomic E-state index is 0.171. The second kappa shape index (κ2) is 10.5. The zero-order chi connectivity index (χ0) is 27.7. The van der Waals surface area contributed by atoms with Gasteiger partial charge < -0.3 is 24.7 Å². The van der Waals surface area contributed by atoms with Crippen LogP contribution in [0.2, 0.25) is 0 Å². The van der Waals surface area contributed by atoms with Crippen LogP contribution in [-0.4, -0.2) is 47.3 Å². The topological polar surface area (TPSA) is 113 Å². The van der Waals surface area contributed by atoms with Gasteiger partial charge in [0.25, 0.3) is 5.56 Å². The molecular weight excluding hydrogens is 472 g/mol. The molecule has 37 heavy (non-hydrogen) atoms. The van der Waals surface area contributed by atoms with Gasteiger partial charge in [-0.2, -0.15) is 0 Å². The van der Waals surface area contributed by atoms with Gasteiger partial charge >= 0.3 is 11.9 Å². The van der Waals surface area contributed by atoms with Gasteiger partial charge in [0, 0.05) is 18.4 Å². The average Bonchev–Trinajstić information content (AvgIpc) is 2.72. The quantitative estimate of drug-likeness (QED) is 0.551. The van der Waals surface area contributed by atoms with Gasteiger partial charge in [-0.25, -0.2) is 4.99 Å². The number of nitrogens with zero attached hydrogens (tertiary/aromatic N) is 2. The summed E-state index contributed by atoms with van der Waals surface area (Å²) < 4.78 is 11.0. The van der Waals surface area contributed by atoms with Crippen molar-refractivity contribution in [2.24, 2.45) is 4.99 Å². The highest BCUT2D eigenvalue weighted by atomic mass is 16.6. The van der Waals surface area contributed by atoms with Gasteiger partial charge in [-0.15, -0.1) is 0 Å². The van der Waals surface area contributed by atoms with Crippen LogP contribution in [0, 0.1) is 13.8 Å². The highest BCUT2D eigenvalue weighted by Gasteiger charge is 2.30. The van der Waals surface area contributed by atoms with E-state index in [2.05, 4.69) is 21.9 Å². The Morgan fingerprint density at radius 1 is 1.03 bits per heavy atom. The Balaban J connectivity index is 1.89. The molecule has 0 saturated heterocycles. The second-order valence-corrected chi connectivity index (χ2v) is 11.4. The lowest BCUT2D eigenvalue weighted by molar-refractivity contribution is -0.164. The van der Waals surface area contributed by atoms with Crippen LogP contribution in [0.25, 0.3) is 6.58 Å². The van der Waals surface area contributed by atoms with Gasteiger partial charge in [0.2, 0.25) is 0 Å². The molecule has 0 saturated carbocycles. The Hall–Kier alpha value is -3.46. The smallest absolute Gasteiger partial charge is 0.324 e. The molecule has 9 heteroatoms. The number of hydrogen-bond donors (Lipinski definition) is 2. The maximum atomic E-state index is 12.9. The highest BCUT2D eigenvalue weighted by molar-refractivity contribution is 5.83. The summed E-state index contributed by atoms with van der Waals surface area (Å²) >= 11 is 0. The van der Waals surface area contributed by atoms with Gasteiger partial charge in [0.15, 0.2) is 5.36 Å². The molecule has 0 amide bonds. The fourth-order valence-electron chi connectivity index (χ4n) is 4.00. The number of rotatable bonds is 7. The first-order valence-corrected chi connectivity index (χ1v) is 12.4. The second-order valence-electron chi connectivity index (χ2n) is 11.4. The number of ether oxygens (including phenoxy) is 2. The van der Waals surface area contributed by atoms with Gasteiger partial charge in [-0.1, -0.05) is 6.58 Å². The Morgan fingerprint density at radius 2 is 1.65 bits per heavy atom. The zero-order valence-corrected chi connectivity index (χ0v) is 23.1. The Kier molecular flexibility index (Phi) is 7.97. The number of carbonyl (C=O) groups is 2. The molecule has 1 aromatic carbocycles. The number of anilines is 2. The third-order valence-electron chi connectivity index (χ3n) is 5.66. The van der Waals surface area contributed by atoms with Crippen LogP contribution >= 0.6 is 0 Å². The Morgan fingerprint density at radius 3 is 2.27 bits per heavy atom. The monoisotopic (exact) mass is 510 g/mol. The lowest BCUT2D eigenvalue weighted by atomic mass is 10.0. The van der Waals surface area contributed by atoms with E-state index in [1.165, 1.54) is 0 Å². The first kappa shape index (κ1) is 28.1. The molecule has 0 spiro atoms. The molecule has 0 bridgehead atoms. The van der Waals surface area contributed by atoms with Gasteiger partial charge in [-0.3, -0.25) is 14.4 Å². The van der Waals surface area contributed by atoms with Crippen LogP contribution in [0.4, 0.5) is 17.1 Å². The standard InChI is InChI=1S/C28H38N4O5/c1-16-12-19-21(13-17(16)2)32(22-14-18(3)30-25(34)24(22)31-19)11-10-29-20(26(35)37-28(7,8)9)15-23(33)36-27(4,5)6/h12-14,20,29H,3,10-11,15H2,1-2,4-9H3,(H,30,34)/t20-/m0/s1. The fourth-order valence-corrected chi connectivity index (χ4v) is 4.00. The number of aryl methyl sites for hydroxylation is 2. The number of carbonyl (C=O) groups excluding carboxylic acids is 2. The van der Waals surface area contributed by atoms with E-state index in [0.717, 1.165) is 16.8 Å². The van der Waals surface area contributed by atoms with Crippen molar-refractivity contribution in [1.82, 2.24) is 10.3 Å². The van der Waals surface area contributed by atoms with E-state index < -0.39 is 29.2 Å². The van der Waals surface area contributed by atoms with Crippen LogP contribution in [0.1, 0.15) is 59.1 Å². The summed E-state index contributed by atoms with van der Waals surface area (Å²) in [5.74, 6) is -1.03. The Bertz CT molecular complexity index is 1370. The molecule has 9 nitrogen and oxygen atoms in total. The van der Waals surface area contributed by atoms with Crippen LogP contribution in [0.15, 0.2) is 28.0 Å². The molecule has 2 aromatic rings. The summed E-state index contributed by atoms with van der Waals surface area (Å²) in [6, 6.07) is 4.87. The fraction of sp³-hybridized carbons (Fsp3) is 0.500. The van der Waals surface area contributed by atoms with E-state index in [1.54, 1.807) is 47.6 Å². The number of pyridine rings is 1. The first-order chi connectivity index (χ1) is 17.0. The van der Waals surface area contributed by atoms with E-state index in [4.69, 9.17) is 9.47 Å². The van der Waals surface area contributed by atoms with Gasteiger partial charge in [0.05, 0.1) is 23.5 Å². The first-order valence-electron chi connectivity index (χ1n) is 12.4. The summed E-state index contributed by atoms with van der Waals surface area (Å²) in [7, 11) is 0. The summed E-state index contributed by atoms with van der Waals surface area (Å²) in [5, 5.41) is 3.95. The van der Waals surface area contributed by atoms with Crippen molar-refractivity contribution in [1.29, 1.82) is 0 Å². The number of fused-ring (bicyclic) bond motifs is 2. The summed E-state index contributed by atoms with van der Waals surface area (Å²) in [4.78, 5) is 47.5. The summed E-state index contributed by atoms with van der Waals surface area (Å²) in [6.07, 6.45) is -0.171. The predicted octanol–water partition coefficient (Wildman–Crippen LogP) is 2.84. The average molecular weight is 511 g/mol. The molecule has 2 heterocycles. The van der Waals surface area contributed by atoms with Crippen molar-refractivity contribution in [3.63, 3.8) is 0 Å². The SMILES string of the molecule is C=c1cc2c(c(=O)[nH]1)=Nc1cc(C)c(C)cc1N2CCN[C@@H](CC(=O)OC(C)(C)C)C(=O)OC(C)(C)C. The molecule has 0 fully saturated rings. The lowest BCUT2D eigenvalue weighted by Crippen LogP contribution is -2.47. The van der Waals surface area contributed by atoms with Crippen molar-refractivity contribution in [3.05, 3.63) is 50.4 Å². The molecule has 2 N–H and O–H groups in total. The predicted molar refractivity (Wildman–Crippen MR) is 144 cm³/mol. The van der Waals surface area contributed by atoms with Crippen molar-refractivity contribution in [2.75, 3.05) is 18.0 Å².